The molecule has 0 heterocycles. The molecule has 0 fully saturated rings. The minimum atomic E-state index is -0.959. The number of ether oxygens (including phenoxy) is 1. The minimum Gasteiger partial charge on any atom is -0.481 e. The molecule has 2 N–H and O–H groups in total. The van der Waals surface area contributed by atoms with Crippen LogP contribution in [0.15, 0.2) is 30.3 Å². The molecule has 0 saturated carbocycles. The molecule has 3 unspecified atom stereocenters. The van der Waals surface area contributed by atoms with Crippen LogP contribution in [0.3, 0.4) is 0 Å². The molecule has 0 saturated heterocycles. The SMILES string of the molecule is COC(C)C(=O)NC(c1ccccc1)C(C)C(=O)O. The van der Waals surface area contributed by atoms with Crippen molar-refractivity contribution < 1.29 is 19.4 Å². The first kappa shape index (κ1) is 15.2. The first-order valence-electron chi connectivity index (χ1n) is 6.08. The first-order chi connectivity index (χ1) is 8.97. The number of hydrogen-bond donors (Lipinski definition) is 2. The fourth-order valence-corrected chi connectivity index (χ4v) is 1.68. The van der Waals surface area contributed by atoms with E-state index in [9.17, 15) is 9.59 Å². The highest BCUT2D eigenvalue weighted by molar-refractivity contribution is 5.82. The standard InChI is InChI=1S/C14H19NO4/c1-9(14(17)18)12(11-7-5-4-6-8-11)15-13(16)10(2)19-3/h4-10,12H,1-3H3,(H,15,16)(H,17,18). The number of carboxylic acid groups (broad SMARTS) is 1. The van der Waals surface area contributed by atoms with Gasteiger partial charge < -0.3 is 15.2 Å². The lowest BCUT2D eigenvalue weighted by Crippen LogP contribution is -2.40. The maximum Gasteiger partial charge on any atom is 0.308 e. The average molecular weight is 265 g/mol. The number of carbonyl (C=O) groups excluding carboxylic acids is 1. The highest BCUT2D eigenvalue weighted by Crippen LogP contribution is 2.22. The third-order valence-electron chi connectivity index (χ3n) is 3.07. The predicted molar refractivity (Wildman–Crippen MR) is 70.6 cm³/mol. The minimum absolute atomic E-state index is 0.329. The normalized spacial score (nSPS) is 15.3. The van der Waals surface area contributed by atoms with Gasteiger partial charge in [-0.3, -0.25) is 9.59 Å². The van der Waals surface area contributed by atoms with Crippen molar-refractivity contribution in [1.82, 2.24) is 5.32 Å². The summed E-state index contributed by atoms with van der Waals surface area (Å²) in [6.07, 6.45) is -0.618. The summed E-state index contributed by atoms with van der Waals surface area (Å²) in [5.74, 6) is -2.01. The molecule has 1 aromatic rings. The van der Waals surface area contributed by atoms with E-state index in [-0.39, 0.29) is 5.91 Å². The largest absolute Gasteiger partial charge is 0.481 e. The zero-order valence-electron chi connectivity index (χ0n) is 11.3. The smallest absolute Gasteiger partial charge is 0.308 e. The molecule has 3 atom stereocenters. The fraction of sp³-hybridized carbons (Fsp3) is 0.429. The van der Waals surface area contributed by atoms with Crippen LogP contribution >= 0.6 is 0 Å². The molecule has 0 aliphatic carbocycles. The summed E-state index contributed by atoms with van der Waals surface area (Å²) < 4.78 is 4.93. The second-order valence-corrected chi connectivity index (χ2v) is 4.40. The van der Waals surface area contributed by atoms with Gasteiger partial charge in [0, 0.05) is 7.11 Å². The molecular formula is C14H19NO4. The Morgan fingerprint density at radius 2 is 1.79 bits per heavy atom. The Morgan fingerprint density at radius 3 is 2.26 bits per heavy atom. The Bertz CT molecular complexity index is 432. The summed E-state index contributed by atoms with van der Waals surface area (Å²) >= 11 is 0. The summed E-state index contributed by atoms with van der Waals surface area (Å²) in [6.45, 7) is 3.18. The highest BCUT2D eigenvalue weighted by atomic mass is 16.5. The molecule has 0 aliphatic heterocycles. The zero-order chi connectivity index (χ0) is 14.4. The van der Waals surface area contributed by atoms with Gasteiger partial charge in [-0.1, -0.05) is 30.3 Å². The van der Waals surface area contributed by atoms with Crippen molar-refractivity contribution in [2.75, 3.05) is 7.11 Å². The van der Waals surface area contributed by atoms with Gasteiger partial charge in [0.25, 0.3) is 0 Å². The Hall–Kier alpha value is -1.88. The van der Waals surface area contributed by atoms with Crippen molar-refractivity contribution in [2.24, 2.45) is 5.92 Å². The summed E-state index contributed by atoms with van der Waals surface area (Å²) in [4.78, 5) is 23.0. The second kappa shape index (κ2) is 6.89. The molecule has 19 heavy (non-hydrogen) atoms. The van der Waals surface area contributed by atoms with E-state index in [0.29, 0.717) is 0 Å². The van der Waals surface area contributed by atoms with Crippen molar-refractivity contribution >= 4 is 11.9 Å². The Kier molecular flexibility index (Phi) is 5.51. The third kappa shape index (κ3) is 4.06. The Labute approximate surface area is 112 Å². The van der Waals surface area contributed by atoms with E-state index in [1.165, 1.54) is 7.11 Å². The van der Waals surface area contributed by atoms with Crippen LogP contribution in [0.4, 0.5) is 0 Å². The number of hydrogen-bond acceptors (Lipinski definition) is 3. The molecule has 0 aromatic heterocycles. The molecule has 5 nitrogen and oxygen atoms in total. The second-order valence-electron chi connectivity index (χ2n) is 4.40. The van der Waals surface area contributed by atoms with Gasteiger partial charge in [0.15, 0.2) is 0 Å². The van der Waals surface area contributed by atoms with E-state index in [1.54, 1.807) is 26.0 Å². The molecule has 5 heteroatoms. The van der Waals surface area contributed by atoms with E-state index in [0.717, 1.165) is 5.56 Å². The molecule has 104 valence electrons. The number of benzene rings is 1. The van der Waals surface area contributed by atoms with Crippen LogP contribution in [-0.2, 0) is 14.3 Å². The van der Waals surface area contributed by atoms with Crippen LogP contribution in [0.1, 0.15) is 25.5 Å². The number of nitrogens with one attached hydrogen (secondary N) is 1. The molecule has 0 bridgehead atoms. The maximum absolute atomic E-state index is 11.9. The van der Waals surface area contributed by atoms with E-state index < -0.39 is 24.0 Å². The molecule has 1 rings (SSSR count). The monoisotopic (exact) mass is 265 g/mol. The van der Waals surface area contributed by atoms with Gasteiger partial charge in [-0.05, 0) is 19.4 Å². The molecular weight excluding hydrogens is 246 g/mol. The van der Waals surface area contributed by atoms with Crippen molar-refractivity contribution in [1.29, 1.82) is 0 Å². The lowest BCUT2D eigenvalue weighted by atomic mass is 9.94. The number of rotatable bonds is 6. The van der Waals surface area contributed by atoms with Crippen LogP contribution in [-0.4, -0.2) is 30.2 Å². The molecule has 1 amide bonds. The van der Waals surface area contributed by atoms with Crippen molar-refractivity contribution in [3.8, 4) is 0 Å². The molecule has 0 radical (unpaired) electrons. The van der Waals surface area contributed by atoms with Crippen molar-refractivity contribution in [2.45, 2.75) is 26.0 Å². The van der Waals surface area contributed by atoms with Crippen molar-refractivity contribution in [3.63, 3.8) is 0 Å². The average Bonchev–Trinajstić information content (AvgIpc) is 2.43. The molecule has 0 spiro atoms. The number of methoxy groups -OCH3 is 1. The predicted octanol–water partition coefficient (Wildman–Crippen LogP) is 1.60. The van der Waals surface area contributed by atoms with Gasteiger partial charge in [-0.2, -0.15) is 0 Å². The van der Waals surface area contributed by atoms with Gasteiger partial charge >= 0.3 is 5.97 Å². The van der Waals surface area contributed by atoms with Gasteiger partial charge in [0.05, 0.1) is 12.0 Å². The van der Waals surface area contributed by atoms with Gasteiger partial charge in [-0.25, -0.2) is 0 Å². The topological polar surface area (TPSA) is 75.6 Å². The Balaban J connectivity index is 2.94. The molecule has 0 aliphatic rings. The lowest BCUT2D eigenvalue weighted by molar-refractivity contribution is -0.143. The fourth-order valence-electron chi connectivity index (χ4n) is 1.68. The summed E-state index contributed by atoms with van der Waals surface area (Å²) in [5, 5.41) is 11.9. The maximum atomic E-state index is 11.9. The van der Waals surface area contributed by atoms with E-state index >= 15 is 0 Å². The highest BCUT2D eigenvalue weighted by Gasteiger charge is 2.28. The van der Waals surface area contributed by atoms with Gasteiger partial charge in [0.2, 0.25) is 5.91 Å². The summed E-state index contributed by atoms with van der Waals surface area (Å²) in [6, 6.07) is 8.46. The summed E-state index contributed by atoms with van der Waals surface area (Å²) in [5.41, 5.74) is 0.758. The summed E-state index contributed by atoms with van der Waals surface area (Å²) in [7, 11) is 1.43. The van der Waals surface area contributed by atoms with Crippen LogP contribution in [0.5, 0.6) is 0 Å². The van der Waals surface area contributed by atoms with Crippen LogP contribution in [0, 0.1) is 5.92 Å². The quantitative estimate of drug-likeness (QED) is 0.819. The number of aliphatic carboxylic acids is 1. The third-order valence-corrected chi connectivity index (χ3v) is 3.07. The van der Waals surface area contributed by atoms with E-state index in [2.05, 4.69) is 5.32 Å². The van der Waals surface area contributed by atoms with Gasteiger partial charge in [-0.15, -0.1) is 0 Å². The molecule has 1 aromatic carbocycles. The van der Waals surface area contributed by atoms with E-state index in [1.807, 2.05) is 18.2 Å². The first-order valence-corrected chi connectivity index (χ1v) is 6.08. The number of carboxylic acids is 1. The number of carbonyl (C=O) groups is 2. The van der Waals surface area contributed by atoms with Crippen LogP contribution in [0.2, 0.25) is 0 Å². The number of amides is 1. The Morgan fingerprint density at radius 1 is 1.21 bits per heavy atom. The van der Waals surface area contributed by atoms with Crippen molar-refractivity contribution in [3.05, 3.63) is 35.9 Å². The van der Waals surface area contributed by atoms with Gasteiger partial charge in [0.1, 0.15) is 6.10 Å². The van der Waals surface area contributed by atoms with E-state index in [4.69, 9.17) is 9.84 Å². The van der Waals surface area contributed by atoms with Crippen LogP contribution < -0.4 is 5.32 Å². The lowest BCUT2D eigenvalue weighted by Gasteiger charge is -2.24. The zero-order valence-corrected chi connectivity index (χ0v) is 11.3. The van der Waals surface area contributed by atoms with Crippen LogP contribution in [0.25, 0.3) is 0 Å².